The van der Waals surface area contributed by atoms with Gasteiger partial charge in [0.2, 0.25) is 0 Å². The molecule has 0 spiro atoms. The molecule has 0 radical (unpaired) electrons. The summed E-state index contributed by atoms with van der Waals surface area (Å²) >= 11 is 0. The van der Waals surface area contributed by atoms with E-state index < -0.39 is 0 Å². The van der Waals surface area contributed by atoms with Gasteiger partial charge in [0.25, 0.3) is 0 Å². The van der Waals surface area contributed by atoms with E-state index in [0.717, 1.165) is 11.8 Å². The van der Waals surface area contributed by atoms with Gasteiger partial charge in [0, 0.05) is 9.49 Å². The van der Waals surface area contributed by atoms with Gasteiger partial charge in [-0.1, -0.05) is 63.1 Å². The van der Waals surface area contributed by atoms with Gasteiger partial charge >= 0.3 is 0 Å². The summed E-state index contributed by atoms with van der Waals surface area (Å²) in [7, 11) is 4.28. The zero-order valence-corrected chi connectivity index (χ0v) is 15.4. The highest BCUT2D eigenvalue weighted by molar-refractivity contribution is 8.77. The predicted molar refractivity (Wildman–Crippen MR) is 91.5 cm³/mol. The van der Waals surface area contributed by atoms with E-state index in [1.54, 1.807) is 0 Å². The van der Waals surface area contributed by atoms with Crippen LogP contribution in [0.4, 0.5) is 0 Å². The second-order valence-corrected chi connectivity index (χ2v) is 10.3. The highest BCUT2D eigenvalue weighted by atomic mass is 33.1. The summed E-state index contributed by atoms with van der Waals surface area (Å²) in [5.41, 5.74) is 0. The van der Waals surface area contributed by atoms with Crippen molar-refractivity contribution < 1.29 is 0 Å². The molecule has 0 aliphatic carbocycles. The van der Waals surface area contributed by atoms with Crippen molar-refractivity contribution in [3.8, 4) is 0 Å². The molecule has 0 N–H and O–H groups in total. The van der Waals surface area contributed by atoms with E-state index in [1.165, 1.54) is 25.7 Å². The van der Waals surface area contributed by atoms with Gasteiger partial charge in [-0.05, 0) is 51.4 Å². The first kappa shape index (κ1) is 18.7. The Hall–Kier alpha value is 0.700. The van der Waals surface area contributed by atoms with Gasteiger partial charge in [-0.25, -0.2) is 0 Å². The third kappa shape index (κ3) is 7.33. The van der Waals surface area contributed by atoms with Crippen LogP contribution in [0.1, 0.15) is 81.1 Å². The van der Waals surface area contributed by atoms with Crippen molar-refractivity contribution in [1.82, 2.24) is 0 Å². The van der Waals surface area contributed by atoms with E-state index in [-0.39, 0.29) is 0 Å². The molecule has 0 saturated heterocycles. The van der Waals surface area contributed by atoms with Crippen molar-refractivity contribution in [2.24, 2.45) is 11.8 Å². The highest BCUT2D eigenvalue weighted by Crippen LogP contribution is 2.50. The van der Waals surface area contributed by atoms with Gasteiger partial charge in [0.1, 0.15) is 0 Å². The summed E-state index contributed by atoms with van der Waals surface area (Å²) in [6, 6.07) is 0. The molecule has 18 heavy (non-hydrogen) atoms. The summed E-state index contributed by atoms with van der Waals surface area (Å²) in [4.78, 5) is 0. The molecule has 0 fully saturated rings. The standard InChI is InChI=1S/C16H34S2/c1-9-15(7,11-13(3)4)17-18-16(8,10-2)12-14(5)6/h13-14H,9-12H2,1-8H3. The van der Waals surface area contributed by atoms with Crippen LogP contribution in [0, 0.1) is 11.8 Å². The lowest BCUT2D eigenvalue weighted by Gasteiger charge is -2.35. The first-order valence-corrected chi connectivity index (χ1v) is 9.68. The Morgan fingerprint density at radius 2 is 1.00 bits per heavy atom. The normalized spacial score (nSPS) is 19.0. The molecule has 2 unspecified atom stereocenters. The first-order valence-electron chi connectivity index (χ1n) is 7.53. The van der Waals surface area contributed by atoms with E-state index in [9.17, 15) is 0 Å². The highest BCUT2D eigenvalue weighted by Gasteiger charge is 2.31. The van der Waals surface area contributed by atoms with Crippen LogP contribution < -0.4 is 0 Å². The topological polar surface area (TPSA) is 0 Å². The summed E-state index contributed by atoms with van der Waals surface area (Å²) in [5, 5.41) is 0. The molecule has 0 amide bonds. The molecule has 0 aromatic carbocycles. The van der Waals surface area contributed by atoms with E-state index in [0.29, 0.717) is 9.49 Å². The fourth-order valence-corrected chi connectivity index (χ4v) is 6.17. The first-order chi connectivity index (χ1) is 8.16. The molecule has 0 saturated carbocycles. The summed E-state index contributed by atoms with van der Waals surface area (Å²) < 4.78 is 0.873. The Balaban J connectivity index is 4.48. The van der Waals surface area contributed by atoms with Crippen LogP contribution in [0.3, 0.4) is 0 Å². The number of rotatable bonds is 9. The van der Waals surface area contributed by atoms with Crippen LogP contribution in [0.2, 0.25) is 0 Å². The number of hydrogen-bond donors (Lipinski definition) is 0. The second-order valence-electron chi connectivity index (χ2n) is 6.97. The van der Waals surface area contributed by atoms with Crippen molar-refractivity contribution in [3.05, 3.63) is 0 Å². The minimum Gasteiger partial charge on any atom is -0.0870 e. The molecule has 0 bridgehead atoms. The molecular weight excluding hydrogens is 256 g/mol. The lowest BCUT2D eigenvalue weighted by Crippen LogP contribution is -2.25. The zero-order valence-electron chi connectivity index (χ0n) is 13.8. The summed E-state index contributed by atoms with van der Waals surface area (Å²) in [6.07, 6.45) is 5.18. The smallest absolute Gasteiger partial charge is 0.0235 e. The molecule has 0 rings (SSSR count). The molecule has 110 valence electrons. The van der Waals surface area contributed by atoms with Crippen LogP contribution in [-0.4, -0.2) is 9.49 Å². The Morgan fingerprint density at radius 1 is 0.722 bits per heavy atom. The summed E-state index contributed by atoms with van der Waals surface area (Å²) in [5.74, 6) is 1.59. The molecule has 0 aromatic rings. The maximum absolute atomic E-state index is 2.44. The lowest BCUT2D eigenvalue weighted by atomic mass is 9.96. The van der Waals surface area contributed by atoms with Crippen molar-refractivity contribution in [1.29, 1.82) is 0 Å². The molecule has 0 heterocycles. The minimum absolute atomic E-state index is 0.437. The van der Waals surface area contributed by atoms with Crippen molar-refractivity contribution in [2.45, 2.75) is 90.6 Å². The molecule has 0 aliphatic heterocycles. The Labute approximate surface area is 124 Å². The van der Waals surface area contributed by atoms with Crippen molar-refractivity contribution >= 4 is 21.6 Å². The molecule has 2 atom stereocenters. The zero-order chi connectivity index (χ0) is 14.4. The third-order valence-electron chi connectivity index (χ3n) is 3.62. The molecule has 0 aliphatic rings. The predicted octanol–water partition coefficient (Wildman–Crippen LogP) is 6.80. The van der Waals surface area contributed by atoms with Crippen LogP contribution in [0.15, 0.2) is 0 Å². The lowest BCUT2D eigenvalue weighted by molar-refractivity contribution is 0.464. The monoisotopic (exact) mass is 290 g/mol. The summed E-state index contributed by atoms with van der Waals surface area (Å²) in [6.45, 7) is 18.9. The van der Waals surface area contributed by atoms with Gasteiger partial charge in [-0.15, -0.1) is 0 Å². The SMILES string of the molecule is CCC(C)(CC(C)C)SSC(C)(CC)CC(C)C. The van der Waals surface area contributed by atoms with Gasteiger partial charge in [0.05, 0.1) is 0 Å². The Morgan fingerprint density at radius 3 is 1.17 bits per heavy atom. The minimum atomic E-state index is 0.437. The average molecular weight is 291 g/mol. The second kappa shape index (κ2) is 8.09. The average Bonchev–Trinajstić information content (AvgIpc) is 2.25. The fourth-order valence-electron chi connectivity index (χ4n) is 2.40. The Bertz CT molecular complexity index is 201. The van der Waals surface area contributed by atoms with Crippen LogP contribution in [0.5, 0.6) is 0 Å². The Kier molecular flexibility index (Phi) is 8.41. The van der Waals surface area contributed by atoms with Crippen molar-refractivity contribution in [2.75, 3.05) is 0 Å². The van der Waals surface area contributed by atoms with E-state index in [2.05, 4.69) is 77.0 Å². The number of hydrogen-bond acceptors (Lipinski definition) is 2. The maximum Gasteiger partial charge on any atom is 0.0235 e. The third-order valence-corrected chi connectivity index (χ3v) is 8.08. The van der Waals surface area contributed by atoms with Gasteiger partial charge in [-0.3, -0.25) is 0 Å². The molecular formula is C16H34S2. The maximum atomic E-state index is 2.44. The van der Waals surface area contributed by atoms with Crippen LogP contribution >= 0.6 is 21.6 Å². The van der Waals surface area contributed by atoms with Crippen LogP contribution in [0.25, 0.3) is 0 Å². The van der Waals surface area contributed by atoms with Gasteiger partial charge in [0.15, 0.2) is 0 Å². The van der Waals surface area contributed by atoms with Gasteiger partial charge in [-0.2, -0.15) is 0 Å². The fraction of sp³-hybridized carbons (Fsp3) is 1.00. The van der Waals surface area contributed by atoms with Gasteiger partial charge < -0.3 is 0 Å². The van der Waals surface area contributed by atoms with Crippen molar-refractivity contribution in [3.63, 3.8) is 0 Å². The van der Waals surface area contributed by atoms with Crippen LogP contribution in [-0.2, 0) is 0 Å². The molecule has 0 nitrogen and oxygen atoms in total. The molecule has 2 heteroatoms. The largest absolute Gasteiger partial charge is 0.0870 e. The van der Waals surface area contributed by atoms with E-state index in [1.807, 2.05) is 0 Å². The van der Waals surface area contributed by atoms with E-state index in [4.69, 9.17) is 0 Å². The van der Waals surface area contributed by atoms with E-state index >= 15 is 0 Å². The molecule has 0 aromatic heterocycles. The quantitative estimate of drug-likeness (QED) is 0.428.